The van der Waals surface area contributed by atoms with Gasteiger partial charge in [0.1, 0.15) is 5.82 Å². The molecule has 0 aliphatic carbocycles. The van der Waals surface area contributed by atoms with Gasteiger partial charge in [-0.1, -0.05) is 0 Å². The second-order valence-corrected chi connectivity index (χ2v) is 4.15. The van der Waals surface area contributed by atoms with Crippen molar-refractivity contribution < 1.29 is 9.90 Å². The number of carbonyl (C=O) groups excluding carboxylic acids is 1. The number of carbonyl (C=O) groups is 1. The van der Waals surface area contributed by atoms with Gasteiger partial charge in [-0.15, -0.1) is 10.2 Å². The Kier molecular flexibility index (Phi) is 5.51. The van der Waals surface area contributed by atoms with Crippen LogP contribution in [-0.4, -0.2) is 51.8 Å². The molecule has 0 bridgehead atoms. The Bertz CT molecular complexity index is 378. The molecule has 0 aliphatic rings. The van der Waals surface area contributed by atoms with Gasteiger partial charge < -0.3 is 15.3 Å². The molecule has 0 unspecified atom stereocenters. The normalized spacial score (nSPS) is 10.5. The standard InChI is InChI=1S/C12H20N4O2/c1-4-13-11-6-5-10(14-15-11)12(18)16(7-8-17)9(2)3/h5-6,9,17H,4,7-8H2,1-3H3,(H,13,15). The number of aliphatic hydroxyl groups is 1. The molecule has 1 aromatic rings. The Labute approximate surface area is 107 Å². The fraction of sp³-hybridized carbons (Fsp3) is 0.583. The van der Waals surface area contributed by atoms with Crippen LogP contribution in [0.3, 0.4) is 0 Å². The highest BCUT2D eigenvalue weighted by atomic mass is 16.3. The molecule has 1 amide bonds. The number of nitrogens with one attached hydrogen (secondary N) is 1. The van der Waals surface area contributed by atoms with E-state index in [0.717, 1.165) is 6.54 Å². The summed E-state index contributed by atoms with van der Waals surface area (Å²) in [6.45, 7) is 6.75. The topological polar surface area (TPSA) is 78.4 Å². The molecule has 0 aromatic carbocycles. The van der Waals surface area contributed by atoms with Gasteiger partial charge in [0.2, 0.25) is 0 Å². The van der Waals surface area contributed by atoms with Gasteiger partial charge in [-0.05, 0) is 32.9 Å². The van der Waals surface area contributed by atoms with E-state index in [1.54, 1.807) is 17.0 Å². The largest absolute Gasteiger partial charge is 0.395 e. The third kappa shape index (κ3) is 3.66. The van der Waals surface area contributed by atoms with E-state index in [0.29, 0.717) is 18.1 Å². The average Bonchev–Trinajstić information content (AvgIpc) is 2.36. The lowest BCUT2D eigenvalue weighted by Crippen LogP contribution is -2.39. The summed E-state index contributed by atoms with van der Waals surface area (Å²) in [5, 5.41) is 19.8. The molecule has 100 valence electrons. The predicted molar refractivity (Wildman–Crippen MR) is 69.5 cm³/mol. The quantitative estimate of drug-likeness (QED) is 0.781. The maximum absolute atomic E-state index is 12.1. The van der Waals surface area contributed by atoms with Gasteiger partial charge in [-0.25, -0.2) is 0 Å². The fourth-order valence-electron chi connectivity index (χ4n) is 1.57. The maximum atomic E-state index is 12.1. The summed E-state index contributed by atoms with van der Waals surface area (Å²) in [6, 6.07) is 3.38. The summed E-state index contributed by atoms with van der Waals surface area (Å²) >= 11 is 0. The second-order valence-electron chi connectivity index (χ2n) is 4.15. The summed E-state index contributed by atoms with van der Waals surface area (Å²) in [7, 11) is 0. The highest BCUT2D eigenvalue weighted by molar-refractivity contribution is 5.92. The lowest BCUT2D eigenvalue weighted by molar-refractivity contribution is 0.0658. The lowest BCUT2D eigenvalue weighted by atomic mass is 10.2. The van der Waals surface area contributed by atoms with Gasteiger partial charge in [0.25, 0.3) is 5.91 Å². The van der Waals surface area contributed by atoms with Crippen molar-refractivity contribution in [3.63, 3.8) is 0 Å². The first-order chi connectivity index (χ1) is 8.60. The summed E-state index contributed by atoms with van der Waals surface area (Å²) in [5.41, 5.74) is 0.291. The Balaban J connectivity index is 2.81. The third-order valence-corrected chi connectivity index (χ3v) is 2.47. The van der Waals surface area contributed by atoms with Crippen molar-refractivity contribution in [1.29, 1.82) is 0 Å². The number of aliphatic hydroxyl groups excluding tert-OH is 1. The zero-order valence-electron chi connectivity index (χ0n) is 11.1. The third-order valence-electron chi connectivity index (χ3n) is 2.47. The zero-order valence-corrected chi connectivity index (χ0v) is 11.1. The molecule has 0 spiro atoms. The van der Waals surface area contributed by atoms with Crippen molar-refractivity contribution in [3.8, 4) is 0 Å². The van der Waals surface area contributed by atoms with Crippen molar-refractivity contribution in [2.75, 3.05) is 25.0 Å². The first-order valence-electron chi connectivity index (χ1n) is 6.09. The monoisotopic (exact) mass is 252 g/mol. The molecule has 1 rings (SSSR count). The van der Waals surface area contributed by atoms with Crippen LogP contribution in [0.1, 0.15) is 31.3 Å². The fourth-order valence-corrected chi connectivity index (χ4v) is 1.57. The minimum atomic E-state index is -0.213. The van der Waals surface area contributed by atoms with E-state index in [1.165, 1.54) is 0 Å². The van der Waals surface area contributed by atoms with Crippen molar-refractivity contribution in [2.45, 2.75) is 26.8 Å². The molecule has 0 atom stereocenters. The molecule has 1 heterocycles. The molecule has 0 fully saturated rings. The Morgan fingerprint density at radius 1 is 1.44 bits per heavy atom. The van der Waals surface area contributed by atoms with Crippen LogP contribution in [0.2, 0.25) is 0 Å². The zero-order chi connectivity index (χ0) is 13.5. The Hall–Kier alpha value is -1.69. The van der Waals surface area contributed by atoms with Crippen LogP contribution in [0.15, 0.2) is 12.1 Å². The number of hydrogen-bond donors (Lipinski definition) is 2. The summed E-state index contributed by atoms with van der Waals surface area (Å²) < 4.78 is 0. The lowest BCUT2D eigenvalue weighted by Gasteiger charge is -2.25. The van der Waals surface area contributed by atoms with E-state index in [2.05, 4.69) is 15.5 Å². The minimum Gasteiger partial charge on any atom is -0.395 e. The molecular weight excluding hydrogens is 232 g/mol. The van der Waals surface area contributed by atoms with E-state index in [-0.39, 0.29) is 18.6 Å². The van der Waals surface area contributed by atoms with Crippen LogP contribution >= 0.6 is 0 Å². The Morgan fingerprint density at radius 2 is 2.17 bits per heavy atom. The van der Waals surface area contributed by atoms with E-state index < -0.39 is 0 Å². The van der Waals surface area contributed by atoms with E-state index in [4.69, 9.17) is 5.11 Å². The van der Waals surface area contributed by atoms with Crippen LogP contribution in [0, 0.1) is 0 Å². The van der Waals surface area contributed by atoms with E-state index >= 15 is 0 Å². The molecule has 6 heteroatoms. The van der Waals surface area contributed by atoms with Gasteiger partial charge in [0.05, 0.1) is 6.61 Å². The number of rotatable bonds is 6. The highest BCUT2D eigenvalue weighted by Gasteiger charge is 2.19. The Morgan fingerprint density at radius 3 is 2.61 bits per heavy atom. The van der Waals surface area contributed by atoms with Gasteiger partial charge in [-0.2, -0.15) is 0 Å². The maximum Gasteiger partial charge on any atom is 0.274 e. The van der Waals surface area contributed by atoms with Crippen LogP contribution in [-0.2, 0) is 0 Å². The predicted octanol–water partition coefficient (Wildman–Crippen LogP) is 0.751. The van der Waals surface area contributed by atoms with Gasteiger partial charge in [0.15, 0.2) is 5.69 Å². The van der Waals surface area contributed by atoms with Crippen LogP contribution < -0.4 is 5.32 Å². The molecule has 0 saturated carbocycles. The molecule has 0 saturated heterocycles. The van der Waals surface area contributed by atoms with Crippen molar-refractivity contribution in [2.24, 2.45) is 0 Å². The molecule has 1 aromatic heterocycles. The number of nitrogens with zero attached hydrogens (tertiary/aromatic N) is 3. The molecular formula is C12H20N4O2. The first kappa shape index (κ1) is 14.4. The van der Waals surface area contributed by atoms with Gasteiger partial charge in [-0.3, -0.25) is 4.79 Å². The number of anilines is 1. The first-order valence-corrected chi connectivity index (χ1v) is 6.09. The van der Waals surface area contributed by atoms with Crippen LogP contribution in [0.25, 0.3) is 0 Å². The molecule has 2 N–H and O–H groups in total. The molecule has 18 heavy (non-hydrogen) atoms. The minimum absolute atomic E-state index is 0.0138. The number of hydrogen-bond acceptors (Lipinski definition) is 5. The average molecular weight is 252 g/mol. The highest BCUT2D eigenvalue weighted by Crippen LogP contribution is 2.07. The van der Waals surface area contributed by atoms with Crippen molar-refractivity contribution in [1.82, 2.24) is 15.1 Å². The summed E-state index contributed by atoms with van der Waals surface area (Å²) in [4.78, 5) is 13.7. The second kappa shape index (κ2) is 6.90. The molecule has 0 aliphatic heterocycles. The smallest absolute Gasteiger partial charge is 0.274 e. The molecule has 6 nitrogen and oxygen atoms in total. The van der Waals surface area contributed by atoms with E-state index in [9.17, 15) is 4.79 Å². The van der Waals surface area contributed by atoms with E-state index in [1.807, 2.05) is 20.8 Å². The van der Waals surface area contributed by atoms with Crippen molar-refractivity contribution >= 4 is 11.7 Å². The van der Waals surface area contributed by atoms with Gasteiger partial charge >= 0.3 is 0 Å². The van der Waals surface area contributed by atoms with Crippen LogP contribution in [0.4, 0.5) is 5.82 Å². The number of amides is 1. The van der Waals surface area contributed by atoms with Crippen molar-refractivity contribution in [3.05, 3.63) is 17.8 Å². The number of aromatic nitrogens is 2. The van der Waals surface area contributed by atoms with Gasteiger partial charge in [0, 0.05) is 19.1 Å². The summed E-state index contributed by atoms with van der Waals surface area (Å²) in [5.74, 6) is 0.432. The summed E-state index contributed by atoms with van der Waals surface area (Å²) in [6.07, 6.45) is 0. The van der Waals surface area contributed by atoms with Crippen LogP contribution in [0.5, 0.6) is 0 Å². The SMILES string of the molecule is CCNc1ccc(C(=O)N(CCO)C(C)C)nn1. The molecule has 0 radical (unpaired) electrons.